The van der Waals surface area contributed by atoms with Crippen molar-refractivity contribution >= 4 is 0 Å². The fourth-order valence-electron chi connectivity index (χ4n) is 0.812. The standard InChI is InChI=1S/C10H16/c1-4-7-10(8-5-2)9-6-3/h4-5,7-9H,6H2,1-3H3/b7-4-,8-5+,10-9+. The second kappa shape index (κ2) is 6.34. The van der Waals surface area contributed by atoms with Gasteiger partial charge >= 0.3 is 0 Å². The summed E-state index contributed by atoms with van der Waals surface area (Å²) in [6.07, 6.45) is 11.7. The molecule has 0 unspecified atom stereocenters. The van der Waals surface area contributed by atoms with Crippen LogP contribution in [0.4, 0.5) is 0 Å². The summed E-state index contributed by atoms with van der Waals surface area (Å²) in [5, 5.41) is 0. The van der Waals surface area contributed by atoms with E-state index in [0.29, 0.717) is 0 Å². The van der Waals surface area contributed by atoms with Gasteiger partial charge in [0.05, 0.1) is 0 Å². The van der Waals surface area contributed by atoms with Gasteiger partial charge in [0.15, 0.2) is 0 Å². The summed E-state index contributed by atoms with van der Waals surface area (Å²) in [5.41, 5.74) is 1.30. The normalized spacial score (nSPS) is 13.7. The van der Waals surface area contributed by atoms with Crippen LogP contribution in [0.3, 0.4) is 0 Å². The Hall–Kier alpha value is -0.780. The van der Waals surface area contributed by atoms with Crippen molar-refractivity contribution in [1.29, 1.82) is 0 Å². The average molecular weight is 136 g/mol. The summed E-state index contributed by atoms with van der Waals surface area (Å²) in [7, 11) is 0. The summed E-state index contributed by atoms with van der Waals surface area (Å²) >= 11 is 0. The molecule has 0 nitrogen and oxygen atoms in total. The van der Waals surface area contributed by atoms with Crippen LogP contribution >= 0.6 is 0 Å². The largest absolute Gasteiger partial charge is 0.0871 e. The minimum absolute atomic E-state index is 1.10. The minimum Gasteiger partial charge on any atom is -0.0871 e. The molecule has 0 aromatic rings. The zero-order valence-electron chi connectivity index (χ0n) is 7.09. The van der Waals surface area contributed by atoms with Crippen LogP contribution in [0.15, 0.2) is 36.0 Å². The maximum Gasteiger partial charge on any atom is -0.0303 e. The molecule has 0 heterocycles. The van der Waals surface area contributed by atoms with Crippen LogP contribution in [0.5, 0.6) is 0 Å². The first kappa shape index (κ1) is 9.22. The van der Waals surface area contributed by atoms with Crippen molar-refractivity contribution in [2.45, 2.75) is 27.2 Å². The predicted molar refractivity (Wildman–Crippen MR) is 48.0 cm³/mol. The molecule has 0 aliphatic rings. The molecule has 0 fully saturated rings. The van der Waals surface area contributed by atoms with Gasteiger partial charge in [-0.05, 0) is 25.8 Å². The van der Waals surface area contributed by atoms with Gasteiger partial charge in [-0.25, -0.2) is 0 Å². The zero-order valence-corrected chi connectivity index (χ0v) is 7.09. The van der Waals surface area contributed by atoms with E-state index in [0.717, 1.165) is 6.42 Å². The van der Waals surface area contributed by atoms with Gasteiger partial charge in [-0.2, -0.15) is 0 Å². The molecule has 0 aromatic carbocycles. The van der Waals surface area contributed by atoms with Gasteiger partial charge in [-0.15, -0.1) is 0 Å². The quantitative estimate of drug-likeness (QED) is 0.521. The molecule has 0 aromatic heterocycles. The summed E-state index contributed by atoms with van der Waals surface area (Å²) in [6.45, 7) is 6.22. The number of rotatable bonds is 3. The molecular formula is C10H16. The van der Waals surface area contributed by atoms with E-state index in [9.17, 15) is 0 Å². The van der Waals surface area contributed by atoms with Crippen molar-refractivity contribution in [3.8, 4) is 0 Å². The predicted octanol–water partition coefficient (Wildman–Crippen LogP) is 3.48. The van der Waals surface area contributed by atoms with Gasteiger partial charge in [0.2, 0.25) is 0 Å². The maximum atomic E-state index is 2.21. The van der Waals surface area contributed by atoms with E-state index in [1.54, 1.807) is 0 Å². The van der Waals surface area contributed by atoms with Crippen LogP contribution in [0.25, 0.3) is 0 Å². The smallest absolute Gasteiger partial charge is 0.0303 e. The summed E-state index contributed by atoms with van der Waals surface area (Å²) in [4.78, 5) is 0. The molecule has 0 rings (SSSR count). The van der Waals surface area contributed by atoms with Gasteiger partial charge in [-0.3, -0.25) is 0 Å². The highest BCUT2D eigenvalue weighted by Crippen LogP contribution is 2.00. The first-order valence-corrected chi connectivity index (χ1v) is 3.80. The van der Waals surface area contributed by atoms with Crippen LogP contribution in [-0.2, 0) is 0 Å². The van der Waals surface area contributed by atoms with Gasteiger partial charge < -0.3 is 0 Å². The van der Waals surface area contributed by atoms with E-state index in [1.807, 2.05) is 13.8 Å². The van der Waals surface area contributed by atoms with Gasteiger partial charge in [0, 0.05) is 0 Å². The molecule has 0 N–H and O–H groups in total. The summed E-state index contributed by atoms with van der Waals surface area (Å²) in [5.74, 6) is 0. The third kappa shape index (κ3) is 4.13. The van der Waals surface area contributed by atoms with E-state index in [1.165, 1.54) is 5.57 Å². The number of hydrogen-bond acceptors (Lipinski definition) is 0. The third-order valence-electron chi connectivity index (χ3n) is 1.16. The average Bonchev–Trinajstić information content (AvgIpc) is 1.90. The van der Waals surface area contributed by atoms with Crippen LogP contribution in [0.1, 0.15) is 27.2 Å². The second-order valence-electron chi connectivity index (χ2n) is 2.11. The molecule has 10 heavy (non-hydrogen) atoms. The molecule has 56 valence electrons. The molecule has 0 heteroatoms. The van der Waals surface area contributed by atoms with Crippen LogP contribution in [0, 0.1) is 0 Å². The number of hydrogen-bond donors (Lipinski definition) is 0. The van der Waals surface area contributed by atoms with Crippen LogP contribution < -0.4 is 0 Å². The molecule has 0 saturated heterocycles. The lowest BCUT2D eigenvalue weighted by Gasteiger charge is -1.89. The van der Waals surface area contributed by atoms with E-state index in [4.69, 9.17) is 0 Å². The van der Waals surface area contributed by atoms with Gasteiger partial charge in [-0.1, -0.05) is 37.3 Å². The molecule has 0 saturated carbocycles. The Morgan fingerprint density at radius 1 is 1.10 bits per heavy atom. The lowest BCUT2D eigenvalue weighted by Crippen LogP contribution is -1.69. The van der Waals surface area contributed by atoms with Crippen LogP contribution in [0.2, 0.25) is 0 Å². The topological polar surface area (TPSA) is 0 Å². The van der Waals surface area contributed by atoms with E-state index >= 15 is 0 Å². The van der Waals surface area contributed by atoms with Crippen molar-refractivity contribution < 1.29 is 0 Å². The molecule has 0 amide bonds. The Kier molecular flexibility index (Phi) is 5.85. The minimum atomic E-state index is 1.10. The highest BCUT2D eigenvalue weighted by Gasteiger charge is 1.79. The first-order chi connectivity index (χ1) is 4.85. The highest BCUT2D eigenvalue weighted by molar-refractivity contribution is 5.29. The van der Waals surface area contributed by atoms with Crippen molar-refractivity contribution in [2.24, 2.45) is 0 Å². The Morgan fingerprint density at radius 2 is 1.60 bits per heavy atom. The molecule has 0 spiro atoms. The van der Waals surface area contributed by atoms with Crippen molar-refractivity contribution in [1.82, 2.24) is 0 Å². The van der Waals surface area contributed by atoms with E-state index < -0.39 is 0 Å². The monoisotopic (exact) mass is 136 g/mol. The lowest BCUT2D eigenvalue weighted by atomic mass is 10.2. The lowest BCUT2D eigenvalue weighted by molar-refractivity contribution is 1.21. The Labute approximate surface area is 64.0 Å². The molecule has 0 aliphatic carbocycles. The van der Waals surface area contributed by atoms with Crippen LogP contribution in [-0.4, -0.2) is 0 Å². The maximum absolute atomic E-state index is 2.21. The van der Waals surface area contributed by atoms with E-state index in [-0.39, 0.29) is 0 Å². The third-order valence-corrected chi connectivity index (χ3v) is 1.16. The van der Waals surface area contributed by atoms with Crippen molar-refractivity contribution in [3.63, 3.8) is 0 Å². The molecule has 0 atom stereocenters. The Bertz CT molecular complexity index is 133. The van der Waals surface area contributed by atoms with Gasteiger partial charge in [0.1, 0.15) is 0 Å². The Balaban J connectivity index is 4.11. The van der Waals surface area contributed by atoms with Crippen molar-refractivity contribution in [3.05, 3.63) is 36.0 Å². The fourth-order valence-corrected chi connectivity index (χ4v) is 0.812. The molecule has 0 bridgehead atoms. The van der Waals surface area contributed by atoms with Crippen molar-refractivity contribution in [2.75, 3.05) is 0 Å². The Morgan fingerprint density at radius 3 is 1.90 bits per heavy atom. The zero-order chi connectivity index (χ0) is 7.82. The number of allylic oxidation sites excluding steroid dienone is 6. The summed E-state index contributed by atoms with van der Waals surface area (Å²) in [6, 6.07) is 0. The molecular weight excluding hydrogens is 120 g/mol. The molecule has 0 radical (unpaired) electrons. The molecule has 0 aliphatic heterocycles. The highest BCUT2D eigenvalue weighted by atomic mass is 13.9. The fraction of sp³-hybridized carbons (Fsp3) is 0.400. The van der Waals surface area contributed by atoms with Gasteiger partial charge in [0.25, 0.3) is 0 Å². The van der Waals surface area contributed by atoms with E-state index in [2.05, 4.69) is 37.3 Å². The summed E-state index contributed by atoms with van der Waals surface area (Å²) < 4.78 is 0. The second-order valence-corrected chi connectivity index (χ2v) is 2.11. The first-order valence-electron chi connectivity index (χ1n) is 3.80. The SMILES string of the molecule is C\C=C/C(=C\CC)/C=C/C.